The minimum Gasteiger partial charge on any atom is -0.395 e. The van der Waals surface area contributed by atoms with E-state index in [4.69, 9.17) is 5.73 Å². The van der Waals surface area contributed by atoms with Gasteiger partial charge in [-0.25, -0.2) is 8.42 Å². The molecule has 0 spiro atoms. The Bertz CT molecular complexity index is 464. The predicted octanol–water partition coefficient (Wildman–Crippen LogP) is 0.299. The maximum absolute atomic E-state index is 11.6. The van der Waals surface area contributed by atoms with Crippen LogP contribution in [0.15, 0.2) is 29.2 Å². The highest BCUT2D eigenvalue weighted by atomic mass is 32.2. The van der Waals surface area contributed by atoms with Crippen molar-refractivity contribution in [1.82, 2.24) is 0 Å². The summed E-state index contributed by atoms with van der Waals surface area (Å²) < 4.78 is 23.2. The summed E-state index contributed by atoms with van der Waals surface area (Å²) in [5.74, 6) is 0. The molecule has 0 radical (unpaired) electrons. The molecule has 90 valence electrons. The van der Waals surface area contributed by atoms with Crippen LogP contribution in [0.5, 0.6) is 0 Å². The summed E-state index contributed by atoms with van der Waals surface area (Å²) in [7, 11) is -3.30. The van der Waals surface area contributed by atoms with Gasteiger partial charge >= 0.3 is 0 Å². The molecule has 3 N–H and O–H groups in total. The number of aliphatic hydroxyl groups excluding tert-OH is 1. The first-order valence-corrected chi connectivity index (χ1v) is 6.85. The highest BCUT2D eigenvalue weighted by Gasteiger charge is 2.29. The summed E-state index contributed by atoms with van der Waals surface area (Å²) in [6.45, 7) is 1.75. The molecule has 0 saturated heterocycles. The molecule has 0 amide bonds. The normalized spacial score (nSPS) is 15.8. The number of benzene rings is 1. The van der Waals surface area contributed by atoms with Crippen LogP contribution in [0.1, 0.15) is 12.5 Å². The summed E-state index contributed by atoms with van der Waals surface area (Å²) in [4.78, 5) is 0.233. The molecular formula is C11H17NO3S. The van der Waals surface area contributed by atoms with Gasteiger partial charge in [-0.2, -0.15) is 0 Å². The Morgan fingerprint density at radius 1 is 1.38 bits per heavy atom. The Balaban J connectivity index is 3.46. The van der Waals surface area contributed by atoms with Crippen molar-refractivity contribution in [3.05, 3.63) is 29.8 Å². The van der Waals surface area contributed by atoms with Crippen molar-refractivity contribution in [2.45, 2.75) is 17.2 Å². The number of hydrogen-bond donors (Lipinski definition) is 2. The van der Waals surface area contributed by atoms with Crippen molar-refractivity contribution in [2.75, 3.05) is 19.4 Å². The van der Waals surface area contributed by atoms with Crippen molar-refractivity contribution in [1.29, 1.82) is 0 Å². The molecule has 0 aliphatic heterocycles. The second kappa shape index (κ2) is 4.53. The van der Waals surface area contributed by atoms with Crippen LogP contribution in [0.2, 0.25) is 0 Å². The van der Waals surface area contributed by atoms with E-state index in [-0.39, 0.29) is 18.0 Å². The summed E-state index contributed by atoms with van der Waals surface area (Å²) >= 11 is 0. The zero-order chi connectivity index (χ0) is 12.4. The van der Waals surface area contributed by atoms with Crippen molar-refractivity contribution in [3.63, 3.8) is 0 Å². The van der Waals surface area contributed by atoms with Gasteiger partial charge in [0.15, 0.2) is 9.84 Å². The van der Waals surface area contributed by atoms with Gasteiger partial charge in [0.1, 0.15) is 0 Å². The van der Waals surface area contributed by atoms with Gasteiger partial charge in [-0.3, -0.25) is 0 Å². The number of sulfone groups is 1. The van der Waals surface area contributed by atoms with Gasteiger partial charge in [-0.15, -0.1) is 0 Å². The molecule has 1 rings (SSSR count). The van der Waals surface area contributed by atoms with Gasteiger partial charge in [0.25, 0.3) is 0 Å². The monoisotopic (exact) mass is 243 g/mol. The molecule has 1 aromatic carbocycles. The largest absolute Gasteiger partial charge is 0.395 e. The Morgan fingerprint density at radius 2 is 1.94 bits per heavy atom. The topological polar surface area (TPSA) is 80.4 Å². The second-order valence-electron chi connectivity index (χ2n) is 4.19. The smallest absolute Gasteiger partial charge is 0.175 e. The fraction of sp³-hybridized carbons (Fsp3) is 0.455. The molecule has 0 bridgehead atoms. The van der Waals surface area contributed by atoms with E-state index in [1.54, 1.807) is 25.1 Å². The Hall–Kier alpha value is -0.910. The first-order valence-electron chi connectivity index (χ1n) is 4.95. The minimum atomic E-state index is -3.30. The molecule has 0 aliphatic carbocycles. The van der Waals surface area contributed by atoms with E-state index >= 15 is 0 Å². The average Bonchev–Trinajstić information content (AvgIpc) is 2.27. The lowest BCUT2D eigenvalue weighted by Gasteiger charge is -2.27. The summed E-state index contributed by atoms with van der Waals surface area (Å²) in [5.41, 5.74) is 5.46. The summed E-state index contributed by atoms with van der Waals surface area (Å²) in [6, 6.07) is 6.63. The van der Waals surface area contributed by atoms with Crippen LogP contribution in [0.25, 0.3) is 0 Å². The highest BCUT2D eigenvalue weighted by Crippen LogP contribution is 2.28. The van der Waals surface area contributed by atoms with Gasteiger partial charge in [0.2, 0.25) is 0 Å². The SMILES string of the molecule is CC(CN)(CO)c1ccccc1S(C)(=O)=O. The first kappa shape index (κ1) is 13.2. The molecule has 0 saturated carbocycles. The van der Waals surface area contributed by atoms with Crippen molar-refractivity contribution < 1.29 is 13.5 Å². The molecule has 0 aliphatic rings. The lowest BCUT2D eigenvalue weighted by atomic mass is 9.83. The molecule has 0 fully saturated rings. The molecule has 16 heavy (non-hydrogen) atoms. The Labute approximate surface area is 96.0 Å². The Kier molecular flexibility index (Phi) is 3.72. The lowest BCUT2D eigenvalue weighted by Crippen LogP contribution is -2.36. The van der Waals surface area contributed by atoms with Crippen LogP contribution in [0.4, 0.5) is 0 Å². The minimum absolute atomic E-state index is 0.184. The first-order chi connectivity index (χ1) is 7.35. The third-order valence-electron chi connectivity index (χ3n) is 2.74. The molecule has 1 unspecified atom stereocenters. The molecular weight excluding hydrogens is 226 g/mol. The zero-order valence-corrected chi connectivity index (χ0v) is 10.3. The van der Waals surface area contributed by atoms with E-state index in [2.05, 4.69) is 0 Å². The second-order valence-corrected chi connectivity index (χ2v) is 6.18. The van der Waals surface area contributed by atoms with E-state index in [1.165, 1.54) is 6.07 Å². The quantitative estimate of drug-likeness (QED) is 0.797. The molecule has 0 aromatic heterocycles. The number of hydrogen-bond acceptors (Lipinski definition) is 4. The number of aliphatic hydroxyl groups is 1. The van der Waals surface area contributed by atoms with Crippen LogP contribution in [0.3, 0.4) is 0 Å². The van der Waals surface area contributed by atoms with E-state index in [0.717, 1.165) is 6.26 Å². The molecule has 0 heterocycles. The van der Waals surface area contributed by atoms with Crippen molar-refractivity contribution >= 4 is 9.84 Å². The molecule has 4 nitrogen and oxygen atoms in total. The van der Waals surface area contributed by atoms with Crippen molar-refractivity contribution in [2.24, 2.45) is 5.73 Å². The van der Waals surface area contributed by atoms with Gasteiger partial charge in [0, 0.05) is 18.2 Å². The summed E-state index contributed by atoms with van der Waals surface area (Å²) in [6.07, 6.45) is 1.15. The van der Waals surface area contributed by atoms with Gasteiger partial charge < -0.3 is 10.8 Å². The van der Waals surface area contributed by atoms with Crippen molar-refractivity contribution in [3.8, 4) is 0 Å². The van der Waals surface area contributed by atoms with E-state index < -0.39 is 15.3 Å². The number of rotatable bonds is 4. The van der Waals surface area contributed by atoms with Crippen LogP contribution in [-0.2, 0) is 15.3 Å². The van der Waals surface area contributed by atoms with Gasteiger partial charge in [-0.1, -0.05) is 25.1 Å². The van der Waals surface area contributed by atoms with E-state index in [0.29, 0.717) is 5.56 Å². The van der Waals surface area contributed by atoms with Crippen LogP contribution in [0, 0.1) is 0 Å². The van der Waals surface area contributed by atoms with Gasteiger partial charge in [-0.05, 0) is 11.6 Å². The fourth-order valence-corrected chi connectivity index (χ4v) is 2.59. The van der Waals surface area contributed by atoms with Gasteiger partial charge in [0.05, 0.1) is 11.5 Å². The van der Waals surface area contributed by atoms with E-state index in [9.17, 15) is 13.5 Å². The Morgan fingerprint density at radius 3 is 2.38 bits per heavy atom. The van der Waals surface area contributed by atoms with Crippen LogP contribution < -0.4 is 5.73 Å². The number of nitrogens with two attached hydrogens (primary N) is 1. The maximum Gasteiger partial charge on any atom is 0.175 e. The predicted molar refractivity (Wildman–Crippen MR) is 63.0 cm³/mol. The third kappa shape index (κ3) is 2.42. The fourth-order valence-electron chi connectivity index (χ4n) is 1.55. The standard InChI is InChI=1S/C11H17NO3S/c1-11(7-12,8-13)9-5-3-4-6-10(9)16(2,14)15/h3-6,13H,7-8,12H2,1-2H3. The average molecular weight is 243 g/mol. The zero-order valence-electron chi connectivity index (χ0n) is 9.47. The highest BCUT2D eigenvalue weighted by molar-refractivity contribution is 7.90. The maximum atomic E-state index is 11.6. The van der Waals surface area contributed by atoms with E-state index in [1.807, 2.05) is 0 Å². The molecule has 1 atom stereocenters. The van der Waals surface area contributed by atoms with Crippen LogP contribution >= 0.6 is 0 Å². The van der Waals surface area contributed by atoms with Crippen LogP contribution in [-0.4, -0.2) is 32.9 Å². The summed E-state index contributed by atoms with van der Waals surface area (Å²) in [5, 5.41) is 9.35. The molecule has 1 aromatic rings. The third-order valence-corrected chi connectivity index (χ3v) is 3.89. The lowest BCUT2D eigenvalue weighted by molar-refractivity contribution is 0.208. The molecule has 5 heteroatoms.